The second-order valence-electron chi connectivity index (χ2n) is 9.33. The van der Waals surface area contributed by atoms with Crippen molar-refractivity contribution in [2.24, 2.45) is 5.92 Å². The number of rotatable bonds is 7. The van der Waals surface area contributed by atoms with E-state index in [1.165, 1.54) is 4.31 Å². The van der Waals surface area contributed by atoms with Gasteiger partial charge in [0.05, 0.1) is 6.61 Å². The number of fused-ring (bicyclic) bond motifs is 1. The van der Waals surface area contributed by atoms with E-state index >= 15 is 0 Å². The normalized spacial score (nSPS) is 20.9. The van der Waals surface area contributed by atoms with Crippen molar-refractivity contribution in [2.75, 3.05) is 26.7 Å². The van der Waals surface area contributed by atoms with Gasteiger partial charge in [-0.3, -0.25) is 9.88 Å². The molecule has 1 aliphatic heterocycles. The van der Waals surface area contributed by atoms with E-state index in [0.717, 1.165) is 16.7 Å². The van der Waals surface area contributed by atoms with Gasteiger partial charge < -0.3 is 9.84 Å². The summed E-state index contributed by atoms with van der Waals surface area (Å²) in [6.45, 7) is 5.04. The molecule has 186 valence electrons. The third-order valence-corrected chi connectivity index (χ3v) is 8.46. The van der Waals surface area contributed by atoms with Crippen molar-refractivity contribution in [3.05, 3.63) is 78.6 Å². The molecule has 0 spiro atoms. The highest BCUT2D eigenvalue weighted by atomic mass is 32.2. The standard InChI is InChI=1S/C27H33N3O4S/c1-20-16-30(21(2)19-31)35(32,33)27-12-11-24(23-9-5-4-6-10-23)14-25(27)34-26(20)18-29(3)17-22-8-7-13-28-15-22/h4-15,20-21,26,31H,16-19H2,1-3H3/t20-,21-,26-/m1/s1. The van der Waals surface area contributed by atoms with Gasteiger partial charge >= 0.3 is 0 Å². The SMILES string of the molecule is C[C@@H]1CN([C@H](C)CO)S(=O)(=O)c2ccc(-c3ccccc3)cc2O[C@@H]1CN(C)Cc1cccnc1. The minimum atomic E-state index is -3.86. The molecule has 4 rings (SSSR count). The summed E-state index contributed by atoms with van der Waals surface area (Å²) in [5.74, 6) is 0.233. The maximum absolute atomic E-state index is 13.7. The maximum Gasteiger partial charge on any atom is 0.247 e. The van der Waals surface area contributed by atoms with Gasteiger partial charge in [0.15, 0.2) is 0 Å². The lowest BCUT2D eigenvalue weighted by Gasteiger charge is -2.37. The van der Waals surface area contributed by atoms with Crippen molar-refractivity contribution in [1.29, 1.82) is 0 Å². The summed E-state index contributed by atoms with van der Waals surface area (Å²) in [6, 6.07) is 18.5. The molecule has 0 saturated heterocycles. The predicted molar refractivity (Wildman–Crippen MR) is 136 cm³/mol. The molecule has 0 bridgehead atoms. The summed E-state index contributed by atoms with van der Waals surface area (Å²) < 4.78 is 35.2. The Balaban J connectivity index is 1.72. The van der Waals surface area contributed by atoms with E-state index in [1.54, 1.807) is 19.2 Å². The molecule has 0 aliphatic carbocycles. The summed E-state index contributed by atoms with van der Waals surface area (Å²) >= 11 is 0. The van der Waals surface area contributed by atoms with Crippen LogP contribution in [0, 0.1) is 5.92 Å². The zero-order chi connectivity index (χ0) is 25.0. The van der Waals surface area contributed by atoms with Gasteiger partial charge in [0, 0.05) is 44.0 Å². The van der Waals surface area contributed by atoms with Crippen LogP contribution in [0.25, 0.3) is 11.1 Å². The fraction of sp³-hybridized carbons (Fsp3) is 0.370. The Bertz CT molecular complexity index is 1220. The molecule has 1 N–H and O–H groups in total. The minimum Gasteiger partial charge on any atom is -0.487 e. The van der Waals surface area contributed by atoms with Crippen LogP contribution in [0.4, 0.5) is 0 Å². The van der Waals surface area contributed by atoms with Crippen LogP contribution in [-0.4, -0.2) is 66.6 Å². The van der Waals surface area contributed by atoms with Crippen LogP contribution in [0.1, 0.15) is 19.4 Å². The van der Waals surface area contributed by atoms with Crippen LogP contribution in [0.3, 0.4) is 0 Å². The summed E-state index contributed by atoms with van der Waals surface area (Å²) in [5, 5.41) is 9.83. The van der Waals surface area contributed by atoms with Gasteiger partial charge in [-0.2, -0.15) is 4.31 Å². The lowest BCUT2D eigenvalue weighted by atomic mass is 10.0. The Hall–Kier alpha value is -2.78. The molecule has 8 heteroatoms. The molecule has 3 atom stereocenters. The van der Waals surface area contributed by atoms with Crippen LogP contribution in [-0.2, 0) is 16.6 Å². The van der Waals surface area contributed by atoms with Crippen LogP contribution in [0.2, 0.25) is 0 Å². The first-order valence-corrected chi connectivity index (χ1v) is 13.3. The third-order valence-electron chi connectivity index (χ3n) is 6.44. The molecule has 0 radical (unpaired) electrons. The number of likely N-dealkylation sites (N-methyl/N-ethyl adjacent to an activating group) is 1. The van der Waals surface area contributed by atoms with E-state index in [9.17, 15) is 13.5 Å². The molecular formula is C27H33N3O4S. The van der Waals surface area contributed by atoms with Crippen molar-refractivity contribution in [3.63, 3.8) is 0 Å². The number of pyridine rings is 1. The average molecular weight is 496 g/mol. The quantitative estimate of drug-likeness (QED) is 0.539. The van der Waals surface area contributed by atoms with Gasteiger partial charge in [-0.15, -0.1) is 0 Å². The molecule has 7 nitrogen and oxygen atoms in total. The molecule has 0 amide bonds. The predicted octanol–water partition coefficient (Wildman–Crippen LogP) is 3.65. The van der Waals surface area contributed by atoms with E-state index in [4.69, 9.17) is 4.74 Å². The Morgan fingerprint density at radius 3 is 2.60 bits per heavy atom. The number of aromatic nitrogens is 1. The highest BCUT2D eigenvalue weighted by molar-refractivity contribution is 7.89. The summed E-state index contributed by atoms with van der Waals surface area (Å²) in [7, 11) is -1.84. The highest BCUT2D eigenvalue weighted by Crippen LogP contribution is 2.36. The Morgan fingerprint density at radius 1 is 1.14 bits per heavy atom. The molecule has 35 heavy (non-hydrogen) atoms. The number of ether oxygens (including phenoxy) is 1. The molecule has 3 aromatic rings. The maximum atomic E-state index is 13.7. The topological polar surface area (TPSA) is 83.0 Å². The van der Waals surface area contributed by atoms with Gasteiger partial charge in [0.2, 0.25) is 10.0 Å². The summed E-state index contributed by atoms with van der Waals surface area (Å²) in [4.78, 5) is 6.49. The van der Waals surface area contributed by atoms with Crippen LogP contribution in [0.15, 0.2) is 78.0 Å². The van der Waals surface area contributed by atoms with E-state index in [2.05, 4.69) is 9.88 Å². The Morgan fingerprint density at radius 2 is 1.91 bits per heavy atom. The molecule has 0 saturated carbocycles. The van der Waals surface area contributed by atoms with Gasteiger partial charge in [-0.1, -0.05) is 49.4 Å². The molecule has 0 unspecified atom stereocenters. The van der Waals surface area contributed by atoms with Crippen LogP contribution in [0.5, 0.6) is 5.75 Å². The largest absolute Gasteiger partial charge is 0.487 e. The van der Waals surface area contributed by atoms with E-state index in [-0.39, 0.29) is 30.1 Å². The van der Waals surface area contributed by atoms with Crippen molar-refractivity contribution in [1.82, 2.24) is 14.2 Å². The monoisotopic (exact) mass is 495 g/mol. The molecule has 1 aromatic heterocycles. The highest BCUT2D eigenvalue weighted by Gasteiger charge is 2.38. The Kier molecular flexibility index (Phi) is 7.86. The van der Waals surface area contributed by atoms with E-state index < -0.39 is 16.1 Å². The zero-order valence-corrected chi connectivity index (χ0v) is 21.2. The van der Waals surface area contributed by atoms with Gasteiger partial charge in [0.25, 0.3) is 0 Å². The van der Waals surface area contributed by atoms with Crippen molar-refractivity contribution in [2.45, 2.75) is 37.4 Å². The lowest BCUT2D eigenvalue weighted by molar-refractivity contribution is 0.0734. The second-order valence-corrected chi connectivity index (χ2v) is 11.2. The molecular weight excluding hydrogens is 462 g/mol. The van der Waals surface area contributed by atoms with Gasteiger partial charge in [-0.25, -0.2) is 8.42 Å². The average Bonchev–Trinajstić information content (AvgIpc) is 2.86. The van der Waals surface area contributed by atoms with E-state index in [0.29, 0.717) is 18.8 Å². The number of benzene rings is 2. The van der Waals surface area contributed by atoms with Crippen LogP contribution < -0.4 is 4.74 Å². The fourth-order valence-electron chi connectivity index (χ4n) is 4.43. The lowest BCUT2D eigenvalue weighted by Crippen LogP contribution is -2.49. The number of hydrogen-bond donors (Lipinski definition) is 1. The van der Waals surface area contributed by atoms with Gasteiger partial charge in [-0.05, 0) is 48.9 Å². The fourth-order valence-corrected chi connectivity index (χ4v) is 6.25. The molecule has 0 fully saturated rings. The van der Waals surface area contributed by atoms with Crippen LogP contribution >= 0.6 is 0 Å². The van der Waals surface area contributed by atoms with E-state index in [1.807, 2.05) is 74.8 Å². The van der Waals surface area contributed by atoms with Crippen molar-refractivity contribution >= 4 is 10.0 Å². The van der Waals surface area contributed by atoms with Crippen molar-refractivity contribution in [3.8, 4) is 16.9 Å². The summed E-state index contributed by atoms with van der Waals surface area (Å²) in [6.07, 6.45) is 3.34. The number of sulfonamides is 1. The first-order valence-electron chi connectivity index (χ1n) is 11.9. The van der Waals surface area contributed by atoms with Crippen molar-refractivity contribution < 1.29 is 18.3 Å². The third kappa shape index (κ3) is 5.73. The smallest absolute Gasteiger partial charge is 0.247 e. The molecule has 1 aliphatic rings. The number of aliphatic hydroxyl groups excluding tert-OH is 1. The number of hydrogen-bond acceptors (Lipinski definition) is 6. The first-order chi connectivity index (χ1) is 16.8. The zero-order valence-electron chi connectivity index (χ0n) is 20.4. The van der Waals surface area contributed by atoms with Gasteiger partial charge in [0.1, 0.15) is 16.7 Å². The second kappa shape index (κ2) is 10.9. The number of nitrogens with zero attached hydrogens (tertiary/aromatic N) is 3. The minimum absolute atomic E-state index is 0.108. The summed E-state index contributed by atoms with van der Waals surface area (Å²) in [5.41, 5.74) is 2.97. The Labute approximate surface area is 208 Å². The number of aliphatic hydroxyl groups is 1. The molecule has 2 heterocycles. The molecule has 2 aromatic carbocycles. The first kappa shape index (κ1) is 25.3.